The molecule has 1 amide bonds. The molecule has 3 rings (SSSR count). The second-order valence-corrected chi connectivity index (χ2v) is 5.82. The molecular weight excluding hydrogens is 268 g/mol. The average molecular weight is 286 g/mol. The first kappa shape index (κ1) is 13.7. The number of hydrogen-bond donors (Lipinski definition) is 3. The lowest BCUT2D eigenvalue weighted by atomic mass is 9.97. The molecular formula is C16H18N2O3. The Morgan fingerprint density at radius 3 is 2.62 bits per heavy atom. The smallest absolute Gasteiger partial charge is 0.329 e. The highest BCUT2D eigenvalue weighted by Gasteiger charge is 2.42. The number of benzene rings is 1. The topological polar surface area (TPSA) is 82.2 Å². The summed E-state index contributed by atoms with van der Waals surface area (Å²) < 4.78 is 0. The first-order chi connectivity index (χ1) is 10.00. The number of rotatable bonds is 3. The van der Waals surface area contributed by atoms with Crippen molar-refractivity contribution < 1.29 is 14.7 Å². The maximum absolute atomic E-state index is 12.4. The minimum Gasteiger partial charge on any atom is -0.480 e. The molecule has 21 heavy (non-hydrogen) atoms. The number of amides is 1. The van der Waals surface area contributed by atoms with Crippen LogP contribution in [0.5, 0.6) is 0 Å². The number of fused-ring (bicyclic) bond motifs is 1. The summed E-state index contributed by atoms with van der Waals surface area (Å²) >= 11 is 0. The van der Waals surface area contributed by atoms with Crippen LogP contribution in [0.4, 0.5) is 0 Å². The first-order valence-corrected chi connectivity index (χ1v) is 7.15. The Morgan fingerprint density at radius 1 is 1.24 bits per heavy atom. The molecule has 110 valence electrons. The SMILES string of the molecule is Cc1ccc2cc(C(=O)NC3(C(=O)O)CCCC3)[nH]c2c1. The number of carboxylic acids is 1. The van der Waals surface area contributed by atoms with Gasteiger partial charge in [0.25, 0.3) is 5.91 Å². The van der Waals surface area contributed by atoms with Gasteiger partial charge in [-0.05, 0) is 37.5 Å². The van der Waals surface area contributed by atoms with E-state index >= 15 is 0 Å². The van der Waals surface area contributed by atoms with Crippen molar-refractivity contribution in [3.05, 3.63) is 35.5 Å². The number of nitrogens with one attached hydrogen (secondary N) is 2. The third-order valence-electron chi connectivity index (χ3n) is 4.24. The fourth-order valence-electron chi connectivity index (χ4n) is 3.02. The molecule has 0 spiro atoms. The van der Waals surface area contributed by atoms with Gasteiger partial charge in [0.1, 0.15) is 11.2 Å². The van der Waals surface area contributed by atoms with Crippen LogP contribution < -0.4 is 5.32 Å². The van der Waals surface area contributed by atoms with Crippen LogP contribution in [-0.4, -0.2) is 27.5 Å². The molecule has 0 radical (unpaired) electrons. The number of hydrogen-bond acceptors (Lipinski definition) is 2. The maximum Gasteiger partial charge on any atom is 0.329 e. The van der Waals surface area contributed by atoms with E-state index in [0.717, 1.165) is 29.3 Å². The maximum atomic E-state index is 12.4. The summed E-state index contributed by atoms with van der Waals surface area (Å²) in [7, 11) is 0. The van der Waals surface area contributed by atoms with Crippen molar-refractivity contribution in [3.8, 4) is 0 Å². The van der Waals surface area contributed by atoms with Crippen LogP contribution in [0.15, 0.2) is 24.3 Å². The summed E-state index contributed by atoms with van der Waals surface area (Å²) in [6.45, 7) is 1.98. The van der Waals surface area contributed by atoms with Crippen molar-refractivity contribution in [3.63, 3.8) is 0 Å². The van der Waals surface area contributed by atoms with Crippen molar-refractivity contribution in [2.75, 3.05) is 0 Å². The third-order valence-corrected chi connectivity index (χ3v) is 4.24. The summed E-state index contributed by atoms with van der Waals surface area (Å²) in [6.07, 6.45) is 2.65. The van der Waals surface area contributed by atoms with E-state index in [-0.39, 0.29) is 5.91 Å². The summed E-state index contributed by atoms with van der Waals surface area (Å²) in [6, 6.07) is 7.65. The molecule has 3 N–H and O–H groups in total. The monoisotopic (exact) mass is 286 g/mol. The molecule has 1 aliphatic rings. The fourth-order valence-corrected chi connectivity index (χ4v) is 3.02. The van der Waals surface area contributed by atoms with E-state index in [9.17, 15) is 14.7 Å². The van der Waals surface area contributed by atoms with Crippen LogP contribution in [0.25, 0.3) is 10.9 Å². The zero-order valence-corrected chi connectivity index (χ0v) is 11.9. The molecule has 0 atom stereocenters. The van der Waals surface area contributed by atoms with Gasteiger partial charge in [0.15, 0.2) is 0 Å². The molecule has 0 saturated heterocycles. The third kappa shape index (κ3) is 2.39. The second kappa shape index (κ2) is 4.91. The Kier molecular flexibility index (Phi) is 3.20. The van der Waals surface area contributed by atoms with Crippen LogP contribution in [0.2, 0.25) is 0 Å². The number of carboxylic acid groups (broad SMARTS) is 1. The van der Waals surface area contributed by atoms with Crippen molar-refractivity contribution in [2.24, 2.45) is 0 Å². The van der Waals surface area contributed by atoms with E-state index in [2.05, 4.69) is 10.3 Å². The highest BCUT2D eigenvalue weighted by Crippen LogP contribution is 2.30. The van der Waals surface area contributed by atoms with Gasteiger partial charge in [0.2, 0.25) is 0 Å². The number of carbonyl (C=O) groups excluding carboxylic acids is 1. The Labute approximate surface area is 122 Å². The molecule has 1 aromatic heterocycles. The Morgan fingerprint density at radius 2 is 1.95 bits per heavy atom. The largest absolute Gasteiger partial charge is 0.480 e. The molecule has 0 unspecified atom stereocenters. The van der Waals surface area contributed by atoms with E-state index < -0.39 is 11.5 Å². The van der Waals surface area contributed by atoms with Crippen molar-refractivity contribution in [1.82, 2.24) is 10.3 Å². The normalized spacial score (nSPS) is 17.0. The Balaban J connectivity index is 1.88. The van der Waals surface area contributed by atoms with Crippen molar-refractivity contribution in [2.45, 2.75) is 38.1 Å². The molecule has 5 nitrogen and oxygen atoms in total. The lowest BCUT2D eigenvalue weighted by molar-refractivity contribution is -0.144. The predicted octanol–water partition coefficient (Wildman–Crippen LogP) is 2.60. The zero-order chi connectivity index (χ0) is 15.0. The first-order valence-electron chi connectivity index (χ1n) is 7.15. The van der Waals surface area contributed by atoms with E-state index in [1.165, 1.54) is 0 Å². The lowest BCUT2D eigenvalue weighted by Crippen LogP contribution is -2.52. The van der Waals surface area contributed by atoms with Gasteiger partial charge >= 0.3 is 5.97 Å². The van der Waals surface area contributed by atoms with Crippen LogP contribution in [-0.2, 0) is 4.79 Å². The van der Waals surface area contributed by atoms with Crippen LogP contribution in [0.1, 0.15) is 41.7 Å². The van der Waals surface area contributed by atoms with Crippen LogP contribution >= 0.6 is 0 Å². The standard InChI is InChI=1S/C16H18N2O3/c1-10-4-5-11-9-13(17-12(11)8-10)14(19)18-16(15(20)21)6-2-3-7-16/h4-5,8-9,17H,2-3,6-7H2,1H3,(H,18,19)(H,20,21). The van der Waals surface area contributed by atoms with E-state index in [1.54, 1.807) is 6.07 Å². The summed E-state index contributed by atoms with van der Waals surface area (Å²) in [5.41, 5.74) is 1.29. The van der Waals surface area contributed by atoms with Crippen LogP contribution in [0, 0.1) is 6.92 Å². The van der Waals surface area contributed by atoms with Crippen LogP contribution in [0.3, 0.4) is 0 Å². The van der Waals surface area contributed by atoms with E-state index in [0.29, 0.717) is 18.5 Å². The molecule has 1 saturated carbocycles. The number of aryl methyl sites for hydroxylation is 1. The molecule has 1 fully saturated rings. The van der Waals surface area contributed by atoms with E-state index in [1.807, 2.05) is 25.1 Å². The summed E-state index contributed by atoms with van der Waals surface area (Å²) in [5, 5.41) is 13.1. The molecule has 1 aliphatic carbocycles. The van der Waals surface area contributed by atoms with E-state index in [4.69, 9.17) is 0 Å². The average Bonchev–Trinajstić information content (AvgIpc) is 3.05. The Bertz CT molecular complexity index is 711. The van der Waals surface area contributed by atoms with Gasteiger partial charge in [0.05, 0.1) is 0 Å². The molecule has 1 aromatic carbocycles. The molecule has 1 heterocycles. The quantitative estimate of drug-likeness (QED) is 0.811. The van der Waals surface area contributed by atoms with Crippen molar-refractivity contribution >= 4 is 22.8 Å². The number of aromatic amines is 1. The summed E-state index contributed by atoms with van der Waals surface area (Å²) in [4.78, 5) is 26.9. The predicted molar refractivity (Wildman–Crippen MR) is 79.3 cm³/mol. The minimum absolute atomic E-state index is 0.354. The van der Waals surface area contributed by atoms with Gasteiger partial charge in [-0.1, -0.05) is 25.0 Å². The number of carbonyl (C=O) groups is 2. The molecule has 0 bridgehead atoms. The Hall–Kier alpha value is -2.30. The fraction of sp³-hybridized carbons (Fsp3) is 0.375. The summed E-state index contributed by atoms with van der Waals surface area (Å²) in [5.74, 6) is -1.30. The number of aliphatic carboxylic acids is 1. The molecule has 5 heteroatoms. The van der Waals surface area contributed by atoms with Gasteiger partial charge in [-0.3, -0.25) is 4.79 Å². The zero-order valence-electron chi connectivity index (χ0n) is 11.9. The number of aromatic nitrogens is 1. The minimum atomic E-state index is -1.11. The van der Waals surface area contributed by atoms with Gasteiger partial charge < -0.3 is 15.4 Å². The molecule has 2 aromatic rings. The highest BCUT2D eigenvalue weighted by molar-refractivity contribution is 6.00. The highest BCUT2D eigenvalue weighted by atomic mass is 16.4. The van der Waals surface area contributed by atoms with Gasteiger partial charge in [-0.15, -0.1) is 0 Å². The lowest BCUT2D eigenvalue weighted by Gasteiger charge is -2.24. The van der Waals surface area contributed by atoms with Gasteiger partial charge in [-0.25, -0.2) is 4.79 Å². The number of H-pyrrole nitrogens is 1. The van der Waals surface area contributed by atoms with Gasteiger partial charge in [0, 0.05) is 10.9 Å². The second-order valence-electron chi connectivity index (χ2n) is 5.82. The van der Waals surface area contributed by atoms with Crippen molar-refractivity contribution in [1.29, 1.82) is 0 Å². The molecule has 0 aliphatic heterocycles. The van der Waals surface area contributed by atoms with Gasteiger partial charge in [-0.2, -0.15) is 0 Å².